The topological polar surface area (TPSA) is 40.5 Å². The third kappa shape index (κ3) is 4.76. The first-order valence-corrected chi connectivity index (χ1v) is 6.57. The molecule has 0 aliphatic rings. The predicted molar refractivity (Wildman–Crippen MR) is 76.8 cm³/mol. The highest BCUT2D eigenvalue weighted by atomic mass is 16.2. The fraction of sp³-hybridized carbons (Fsp3) is 0.438. The van der Waals surface area contributed by atoms with Crippen LogP contribution in [0, 0.1) is 17.8 Å². The standard InChI is InChI=1S/C16H21NO2/c1-4-17(12-13(2)3)16(19)15-9-7-14(8-10-15)6-5-11-18/h7-10,13,18H,4,11-12H2,1-3H3. The van der Waals surface area contributed by atoms with E-state index in [0.717, 1.165) is 12.1 Å². The molecule has 0 saturated carbocycles. The summed E-state index contributed by atoms with van der Waals surface area (Å²) in [6, 6.07) is 7.18. The van der Waals surface area contributed by atoms with Crippen molar-refractivity contribution in [2.75, 3.05) is 19.7 Å². The summed E-state index contributed by atoms with van der Waals surface area (Å²) in [5.74, 6) is 5.91. The lowest BCUT2D eigenvalue weighted by atomic mass is 10.1. The molecule has 0 heterocycles. The average Bonchev–Trinajstić information content (AvgIpc) is 2.42. The number of hydrogen-bond acceptors (Lipinski definition) is 2. The van der Waals surface area contributed by atoms with Gasteiger partial charge in [-0.1, -0.05) is 25.7 Å². The highest BCUT2D eigenvalue weighted by molar-refractivity contribution is 5.94. The fourth-order valence-corrected chi connectivity index (χ4v) is 1.82. The van der Waals surface area contributed by atoms with E-state index >= 15 is 0 Å². The summed E-state index contributed by atoms with van der Waals surface area (Å²) >= 11 is 0. The molecular weight excluding hydrogens is 238 g/mol. The van der Waals surface area contributed by atoms with Crippen LogP contribution in [0.25, 0.3) is 0 Å². The Hall–Kier alpha value is -1.79. The summed E-state index contributed by atoms with van der Waals surface area (Å²) in [6.07, 6.45) is 0. The number of benzene rings is 1. The molecule has 1 aromatic rings. The van der Waals surface area contributed by atoms with Crippen LogP contribution >= 0.6 is 0 Å². The molecule has 0 saturated heterocycles. The highest BCUT2D eigenvalue weighted by Gasteiger charge is 2.14. The van der Waals surface area contributed by atoms with Crippen LogP contribution in [0.3, 0.4) is 0 Å². The first kappa shape index (κ1) is 15.3. The first-order chi connectivity index (χ1) is 9.08. The van der Waals surface area contributed by atoms with Crippen LogP contribution in [-0.4, -0.2) is 35.6 Å². The molecule has 0 atom stereocenters. The summed E-state index contributed by atoms with van der Waals surface area (Å²) in [5, 5.41) is 8.62. The second-order valence-corrected chi connectivity index (χ2v) is 4.77. The molecule has 102 valence electrons. The molecule has 1 N–H and O–H groups in total. The predicted octanol–water partition coefficient (Wildman–Crippen LogP) is 2.15. The van der Waals surface area contributed by atoms with E-state index in [1.54, 1.807) is 24.3 Å². The van der Waals surface area contributed by atoms with Crippen molar-refractivity contribution < 1.29 is 9.90 Å². The van der Waals surface area contributed by atoms with Gasteiger partial charge < -0.3 is 10.0 Å². The SMILES string of the molecule is CCN(CC(C)C)C(=O)c1ccc(C#CCO)cc1. The van der Waals surface area contributed by atoms with E-state index in [4.69, 9.17) is 5.11 Å². The van der Waals surface area contributed by atoms with Crippen LogP contribution < -0.4 is 0 Å². The minimum absolute atomic E-state index is 0.0536. The Morgan fingerprint density at radius 1 is 1.32 bits per heavy atom. The van der Waals surface area contributed by atoms with Gasteiger partial charge in [-0.25, -0.2) is 0 Å². The molecule has 0 bridgehead atoms. The Morgan fingerprint density at radius 3 is 2.42 bits per heavy atom. The van der Waals surface area contributed by atoms with Gasteiger partial charge in [0.1, 0.15) is 6.61 Å². The van der Waals surface area contributed by atoms with Gasteiger partial charge in [0.15, 0.2) is 0 Å². The molecule has 0 aliphatic heterocycles. The van der Waals surface area contributed by atoms with E-state index in [0.29, 0.717) is 18.0 Å². The van der Waals surface area contributed by atoms with Crippen molar-refractivity contribution in [3.05, 3.63) is 35.4 Å². The second kappa shape index (κ2) is 7.60. The maximum atomic E-state index is 12.3. The van der Waals surface area contributed by atoms with Crippen molar-refractivity contribution in [3.8, 4) is 11.8 Å². The normalized spacial score (nSPS) is 9.95. The van der Waals surface area contributed by atoms with Gasteiger partial charge >= 0.3 is 0 Å². The van der Waals surface area contributed by atoms with E-state index in [9.17, 15) is 4.79 Å². The molecular formula is C16H21NO2. The molecule has 0 aromatic heterocycles. The molecule has 1 aromatic carbocycles. The lowest BCUT2D eigenvalue weighted by Gasteiger charge is -2.23. The van der Waals surface area contributed by atoms with Gasteiger partial charge in [0, 0.05) is 24.2 Å². The van der Waals surface area contributed by atoms with E-state index in [1.165, 1.54) is 0 Å². The summed E-state index contributed by atoms with van der Waals surface area (Å²) in [7, 11) is 0. The van der Waals surface area contributed by atoms with Crippen LogP contribution in [-0.2, 0) is 0 Å². The number of aliphatic hydroxyl groups is 1. The van der Waals surface area contributed by atoms with Crippen molar-refractivity contribution in [1.29, 1.82) is 0 Å². The molecule has 0 fully saturated rings. The van der Waals surface area contributed by atoms with Crippen LogP contribution in [0.2, 0.25) is 0 Å². The lowest BCUT2D eigenvalue weighted by molar-refractivity contribution is 0.0746. The van der Waals surface area contributed by atoms with Crippen molar-refractivity contribution in [2.45, 2.75) is 20.8 Å². The van der Waals surface area contributed by atoms with Crippen LogP contribution in [0.1, 0.15) is 36.7 Å². The monoisotopic (exact) mass is 259 g/mol. The van der Waals surface area contributed by atoms with Gasteiger partial charge in [-0.2, -0.15) is 0 Å². The summed E-state index contributed by atoms with van der Waals surface area (Å²) in [6.45, 7) is 7.51. The van der Waals surface area contributed by atoms with E-state index in [-0.39, 0.29) is 12.5 Å². The molecule has 3 heteroatoms. The number of hydrogen-bond donors (Lipinski definition) is 1. The summed E-state index contributed by atoms with van der Waals surface area (Å²) < 4.78 is 0. The number of amides is 1. The Kier molecular flexibility index (Phi) is 6.11. The Bertz CT molecular complexity index is 466. The van der Waals surface area contributed by atoms with Crippen LogP contribution in [0.4, 0.5) is 0 Å². The van der Waals surface area contributed by atoms with E-state index < -0.39 is 0 Å². The van der Waals surface area contributed by atoms with Gasteiger partial charge in [0.25, 0.3) is 5.91 Å². The summed E-state index contributed by atoms with van der Waals surface area (Å²) in [4.78, 5) is 14.1. The maximum absolute atomic E-state index is 12.3. The minimum Gasteiger partial charge on any atom is -0.384 e. The zero-order valence-corrected chi connectivity index (χ0v) is 11.8. The van der Waals surface area contributed by atoms with Crippen molar-refractivity contribution >= 4 is 5.91 Å². The Labute approximate surface area is 115 Å². The highest BCUT2D eigenvalue weighted by Crippen LogP contribution is 2.09. The molecule has 0 radical (unpaired) electrons. The maximum Gasteiger partial charge on any atom is 0.253 e. The minimum atomic E-state index is -0.154. The molecule has 1 rings (SSSR count). The zero-order valence-electron chi connectivity index (χ0n) is 11.8. The van der Waals surface area contributed by atoms with Crippen LogP contribution in [0.15, 0.2) is 24.3 Å². The molecule has 0 unspecified atom stereocenters. The third-order valence-corrected chi connectivity index (χ3v) is 2.70. The molecule has 3 nitrogen and oxygen atoms in total. The van der Waals surface area contributed by atoms with Crippen molar-refractivity contribution in [2.24, 2.45) is 5.92 Å². The molecule has 0 aliphatic carbocycles. The summed E-state index contributed by atoms with van der Waals surface area (Å²) in [5.41, 5.74) is 1.48. The molecule has 0 spiro atoms. The fourth-order valence-electron chi connectivity index (χ4n) is 1.82. The largest absolute Gasteiger partial charge is 0.384 e. The Morgan fingerprint density at radius 2 is 1.95 bits per heavy atom. The van der Waals surface area contributed by atoms with Gasteiger partial charge in [-0.3, -0.25) is 4.79 Å². The third-order valence-electron chi connectivity index (χ3n) is 2.70. The second-order valence-electron chi connectivity index (χ2n) is 4.77. The van der Waals surface area contributed by atoms with Crippen molar-refractivity contribution in [3.63, 3.8) is 0 Å². The van der Waals surface area contributed by atoms with Crippen molar-refractivity contribution in [1.82, 2.24) is 4.90 Å². The zero-order chi connectivity index (χ0) is 14.3. The van der Waals surface area contributed by atoms with Gasteiger partial charge in [-0.15, -0.1) is 0 Å². The van der Waals surface area contributed by atoms with Gasteiger partial charge in [0.2, 0.25) is 0 Å². The molecule has 19 heavy (non-hydrogen) atoms. The smallest absolute Gasteiger partial charge is 0.253 e. The molecule has 1 amide bonds. The first-order valence-electron chi connectivity index (χ1n) is 6.57. The number of aliphatic hydroxyl groups excluding tert-OH is 1. The van der Waals surface area contributed by atoms with E-state index in [1.807, 2.05) is 11.8 Å². The number of carbonyl (C=O) groups is 1. The number of carbonyl (C=O) groups excluding carboxylic acids is 1. The van der Waals surface area contributed by atoms with Gasteiger partial charge in [0.05, 0.1) is 0 Å². The lowest BCUT2D eigenvalue weighted by Crippen LogP contribution is -2.33. The average molecular weight is 259 g/mol. The van der Waals surface area contributed by atoms with E-state index in [2.05, 4.69) is 25.7 Å². The van der Waals surface area contributed by atoms with Crippen LogP contribution in [0.5, 0.6) is 0 Å². The number of rotatable bonds is 4. The van der Waals surface area contributed by atoms with Gasteiger partial charge in [-0.05, 0) is 37.1 Å². The quantitative estimate of drug-likeness (QED) is 0.842. The number of nitrogens with zero attached hydrogens (tertiary/aromatic N) is 1. The Balaban J connectivity index is 2.81.